The van der Waals surface area contributed by atoms with Crippen LogP contribution in [0.4, 0.5) is 0 Å². The highest BCUT2D eigenvalue weighted by molar-refractivity contribution is 5.79. The second-order valence-electron chi connectivity index (χ2n) is 5.74. The van der Waals surface area contributed by atoms with Crippen LogP contribution >= 0.6 is 0 Å². The van der Waals surface area contributed by atoms with E-state index < -0.39 is 0 Å². The number of benzene rings is 1. The summed E-state index contributed by atoms with van der Waals surface area (Å²) in [7, 11) is 0. The van der Waals surface area contributed by atoms with E-state index in [0.29, 0.717) is 26.4 Å². The number of nitrogens with one attached hydrogen (secondary N) is 2. The topological polar surface area (TPSA) is 64.1 Å². The van der Waals surface area contributed by atoms with E-state index in [1.165, 1.54) is 5.56 Å². The molecule has 0 aliphatic rings. The van der Waals surface area contributed by atoms with Crippen LogP contribution in [-0.4, -0.2) is 52.1 Å². The summed E-state index contributed by atoms with van der Waals surface area (Å²) in [5, 5.41) is 6.61. The van der Waals surface area contributed by atoms with Crippen molar-refractivity contribution >= 4 is 5.96 Å². The molecule has 0 aliphatic heterocycles. The van der Waals surface area contributed by atoms with Crippen LogP contribution in [0.15, 0.2) is 29.3 Å². The molecule has 0 bridgehead atoms. The van der Waals surface area contributed by atoms with Gasteiger partial charge < -0.3 is 24.8 Å². The molecule has 6 heteroatoms. The van der Waals surface area contributed by atoms with Gasteiger partial charge in [0, 0.05) is 32.9 Å². The highest BCUT2D eigenvalue weighted by Crippen LogP contribution is 2.08. The van der Waals surface area contributed by atoms with Crippen molar-refractivity contribution in [1.82, 2.24) is 10.6 Å². The smallest absolute Gasteiger partial charge is 0.191 e. The molecule has 0 fully saturated rings. The van der Waals surface area contributed by atoms with Crippen molar-refractivity contribution in [2.24, 2.45) is 4.99 Å². The average Bonchev–Trinajstić information content (AvgIpc) is 2.66. The first kappa shape index (κ1) is 22.4. The summed E-state index contributed by atoms with van der Waals surface area (Å²) in [4.78, 5) is 4.66. The quantitative estimate of drug-likeness (QED) is 0.301. The van der Waals surface area contributed by atoms with Crippen LogP contribution in [0.25, 0.3) is 0 Å². The van der Waals surface area contributed by atoms with Gasteiger partial charge >= 0.3 is 0 Å². The highest BCUT2D eigenvalue weighted by Gasteiger charge is 2.00. The Labute approximate surface area is 158 Å². The Kier molecular flexibility index (Phi) is 13.5. The van der Waals surface area contributed by atoms with Crippen molar-refractivity contribution in [3.8, 4) is 0 Å². The zero-order valence-electron chi connectivity index (χ0n) is 16.6. The Morgan fingerprint density at radius 3 is 2.42 bits per heavy atom. The Hall–Kier alpha value is -1.63. The molecule has 0 saturated carbocycles. The molecule has 0 unspecified atom stereocenters. The van der Waals surface area contributed by atoms with Gasteiger partial charge in [-0.05, 0) is 38.3 Å². The Morgan fingerprint density at radius 2 is 1.65 bits per heavy atom. The molecule has 148 valence electrons. The molecule has 0 spiro atoms. The van der Waals surface area contributed by atoms with Gasteiger partial charge in [0.2, 0.25) is 0 Å². The van der Waals surface area contributed by atoms with Crippen molar-refractivity contribution in [2.75, 3.05) is 46.1 Å². The number of rotatable bonds is 14. The molecule has 1 aromatic rings. The summed E-state index contributed by atoms with van der Waals surface area (Å²) in [6.07, 6.45) is 0.965. The van der Waals surface area contributed by atoms with Crippen LogP contribution < -0.4 is 10.6 Å². The molecule has 0 aliphatic carbocycles. The Bertz CT molecular complexity index is 495. The molecule has 2 N–H and O–H groups in total. The van der Waals surface area contributed by atoms with Crippen LogP contribution in [0.3, 0.4) is 0 Å². The lowest BCUT2D eigenvalue weighted by molar-refractivity contribution is 0.0453. The van der Waals surface area contributed by atoms with Crippen molar-refractivity contribution in [1.29, 1.82) is 0 Å². The average molecular weight is 366 g/mol. The summed E-state index contributed by atoms with van der Waals surface area (Å²) in [6.45, 7) is 12.5. The van der Waals surface area contributed by atoms with Crippen molar-refractivity contribution < 1.29 is 14.2 Å². The number of guanidine groups is 1. The highest BCUT2D eigenvalue weighted by atomic mass is 16.5. The first-order valence-corrected chi connectivity index (χ1v) is 9.63. The van der Waals surface area contributed by atoms with Crippen LogP contribution in [0, 0.1) is 0 Å². The molecule has 0 heterocycles. The number of aliphatic imine (C=N–C) groups is 1. The Morgan fingerprint density at radius 1 is 0.923 bits per heavy atom. The molecule has 26 heavy (non-hydrogen) atoms. The third kappa shape index (κ3) is 11.1. The van der Waals surface area contributed by atoms with Gasteiger partial charge in [0.25, 0.3) is 0 Å². The van der Waals surface area contributed by atoms with E-state index in [0.717, 1.165) is 50.9 Å². The molecular formula is C20H35N3O3. The molecule has 6 nitrogen and oxygen atoms in total. The number of ether oxygens (including phenoxy) is 3. The minimum absolute atomic E-state index is 0.598. The van der Waals surface area contributed by atoms with E-state index in [4.69, 9.17) is 14.2 Å². The molecule has 0 atom stereocenters. The van der Waals surface area contributed by atoms with E-state index in [2.05, 4.69) is 46.8 Å². The summed E-state index contributed by atoms with van der Waals surface area (Å²) >= 11 is 0. The second-order valence-corrected chi connectivity index (χ2v) is 5.74. The summed E-state index contributed by atoms with van der Waals surface area (Å²) < 4.78 is 16.3. The summed E-state index contributed by atoms with van der Waals surface area (Å²) in [5.74, 6) is 0.836. The lowest BCUT2D eigenvalue weighted by Crippen LogP contribution is -2.38. The summed E-state index contributed by atoms with van der Waals surface area (Å²) in [5.41, 5.74) is 2.33. The third-order valence-electron chi connectivity index (χ3n) is 3.56. The molecule has 1 rings (SSSR count). The monoisotopic (exact) mass is 365 g/mol. The minimum Gasteiger partial charge on any atom is -0.382 e. The predicted molar refractivity (Wildman–Crippen MR) is 107 cm³/mol. The maximum atomic E-state index is 5.63. The van der Waals surface area contributed by atoms with E-state index in [9.17, 15) is 0 Å². The maximum Gasteiger partial charge on any atom is 0.191 e. The van der Waals surface area contributed by atoms with Crippen LogP contribution in [0.1, 0.15) is 38.3 Å². The molecule has 0 radical (unpaired) electrons. The number of hydrogen-bond donors (Lipinski definition) is 2. The summed E-state index contributed by atoms with van der Waals surface area (Å²) in [6, 6.07) is 8.36. The van der Waals surface area contributed by atoms with E-state index in [-0.39, 0.29) is 0 Å². The molecule has 1 aromatic carbocycles. The van der Waals surface area contributed by atoms with E-state index in [1.807, 2.05) is 13.8 Å². The second kappa shape index (κ2) is 15.6. The normalized spacial score (nSPS) is 11.6. The Balaban J connectivity index is 2.43. The van der Waals surface area contributed by atoms with Gasteiger partial charge in [-0.2, -0.15) is 0 Å². The van der Waals surface area contributed by atoms with Gasteiger partial charge in [-0.1, -0.05) is 24.3 Å². The molecule has 0 aromatic heterocycles. The van der Waals surface area contributed by atoms with Gasteiger partial charge in [-0.3, -0.25) is 0 Å². The minimum atomic E-state index is 0.598. The molecule has 0 saturated heterocycles. The van der Waals surface area contributed by atoms with E-state index >= 15 is 0 Å². The van der Waals surface area contributed by atoms with Gasteiger partial charge in [-0.15, -0.1) is 0 Å². The van der Waals surface area contributed by atoms with Gasteiger partial charge in [0.05, 0.1) is 26.4 Å². The fraction of sp³-hybridized carbons (Fsp3) is 0.650. The number of nitrogens with zero attached hydrogens (tertiary/aromatic N) is 1. The van der Waals surface area contributed by atoms with Crippen molar-refractivity contribution in [3.63, 3.8) is 0 Å². The maximum absolute atomic E-state index is 5.63. The van der Waals surface area contributed by atoms with E-state index in [1.54, 1.807) is 0 Å². The predicted octanol–water partition coefficient (Wildman–Crippen LogP) is 2.72. The van der Waals surface area contributed by atoms with Crippen LogP contribution in [0.2, 0.25) is 0 Å². The fourth-order valence-corrected chi connectivity index (χ4v) is 2.31. The first-order valence-electron chi connectivity index (χ1n) is 9.63. The van der Waals surface area contributed by atoms with Crippen LogP contribution in [-0.2, 0) is 27.4 Å². The standard InChI is InChI=1S/C20H35N3O3/c1-4-21-20(22-11-8-12-24-5-2)23-16-18-9-7-10-19(15-18)17-26-14-13-25-6-3/h7,9-10,15H,4-6,8,11-14,16-17H2,1-3H3,(H2,21,22,23). The third-order valence-corrected chi connectivity index (χ3v) is 3.56. The molecule has 0 amide bonds. The number of hydrogen-bond acceptors (Lipinski definition) is 4. The van der Waals surface area contributed by atoms with Crippen molar-refractivity contribution in [2.45, 2.75) is 40.3 Å². The lowest BCUT2D eigenvalue weighted by Gasteiger charge is -2.11. The largest absolute Gasteiger partial charge is 0.382 e. The van der Waals surface area contributed by atoms with Gasteiger partial charge in [0.15, 0.2) is 5.96 Å². The van der Waals surface area contributed by atoms with Crippen molar-refractivity contribution in [3.05, 3.63) is 35.4 Å². The lowest BCUT2D eigenvalue weighted by atomic mass is 10.1. The molecular weight excluding hydrogens is 330 g/mol. The van der Waals surface area contributed by atoms with Gasteiger partial charge in [0.1, 0.15) is 0 Å². The first-order chi connectivity index (χ1) is 12.8. The SMILES string of the molecule is CCNC(=NCc1cccc(COCCOCC)c1)NCCCOCC. The zero-order chi connectivity index (χ0) is 18.9. The van der Waals surface area contributed by atoms with Gasteiger partial charge in [-0.25, -0.2) is 4.99 Å². The van der Waals surface area contributed by atoms with Crippen LogP contribution in [0.5, 0.6) is 0 Å². The fourth-order valence-electron chi connectivity index (χ4n) is 2.31. The zero-order valence-corrected chi connectivity index (χ0v) is 16.6.